The lowest BCUT2D eigenvalue weighted by molar-refractivity contribution is 0.0846. The number of aromatic amines is 1. The molecule has 0 aliphatic carbocycles. The molecular weight excluding hydrogens is 356 g/mol. The first-order valence-electron chi connectivity index (χ1n) is 7.84. The summed E-state index contributed by atoms with van der Waals surface area (Å²) in [7, 11) is 0. The molecule has 3 N–H and O–H groups in total. The second-order valence-electron chi connectivity index (χ2n) is 5.54. The van der Waals surface area contributed by atoms with Crippen LogP contribution >= 0.6 is 12.2 Å². The number of carbonyl (C=O) groups excluding carboxylic acids is 2. The van der Waals surface area contributed by atoms with Gasteiger partial charge in [-0.3, -0.25) is 29.8 Å². The SMILES string of the molecule is CCn1c(=S)[nH]c2cc(C(=O)NNC(=O)c3ccoc3C)ccc2c1=O. The first kappa shape index (κ1) is 17.6. The van der Waals surface area contributed by atoms with Crippen molar-refractivity contribution in [3.8, 4) is 0 Å². The van der Waals surface area contributed by atoms with E-state index in [1.54, 1.807) is 13.0 Å². The van der Waals surface area contributed by atoms with Gasteiger partial charge >= 0.3 is 0 Å². The van der Waals surface area contributed by atoms with Crippen molar-refractivity contribution in [2.24, 2.45) is 0 Å². The molecular formula is C17H16N4O4S. The molecule has 0 saturated heterocycles. The monoisotopic (exact) mass is 372 g/mol. The molecule has 3 aromatic rings. The third-order valence-electron chi connectivity index (χ3n) is 3.95. The van der Waals surface area contributed by atoms with Crippen molar-refractivity contribution in [3.05, 3.63) is 62.5 Å². The van der Waals surface area contributed by atoms with Crippen molar-refractivity contribution in [2.45, 2.75) is 20.4 Å². The van der Waals surface area contributed by atoms with E-state index in [1.807, 2.05) is 6.92 Å². The van der Waals surface area contributed by atoms with Crippen LogP contribution in [-0.4, -0.2) is 21.4 Å². The highest BCUT2D eigenvalue weighted by Crippen LogP contribution is 2.11. The molecule has 0 unspecified atom stereocenters. The van der Waals surface area contributed by atoms with Crippen LogP contribution < -0.4 is 16.4 Å². The summed E-state index contributed by atoms with van der Waals surface area (Å²) in [6.45, 7) is 3.92. The van der Waals surface area contributed by atoms with Crippen molar-refractivity contribution < 1.29 is 14.0 Å². The average Bonchev–Trinajstić information content (AvgIpc) is 3.05. The molecule has 2 heterocycles. The minimum absolute atomic E-state index is 0.220. The summed E-state index contributed by atoms with van der Waals surface area (Å²) >= 11 is 5.16. The highest BCUT2D eigenvalue weighted by Gasteiger charge is 2.14. The van der Waals surface area contributed by atoms with Crippen LogP contribution in [0.5, 0.6) is 0 Å². The number of hydrogen-bond acceptors (Lipinski definition) is 5. The van der Waals surface area contributed by atoms with Gasteiger partial charge in [0, 0.05) is 12.1 Å². The summed E-state index contributed by atoms with van der Waals surface area (Å²) in [5, 5.41) is 0.426. The Labute approximate surface area is 152 Å². The molecule has 0 atom stereocenters. The van der Waals surface area contributed by atoms with E-state index in [-0.39, 0.29) is 15.9 Å². The molecule has 0 radical (unpaired) electrons. The van der Waals surface area contributed by atoms with Gasteiger partial charge in [0.05, 0.1) is 22.7 Å². The van der Waals surface area contributed by atoms with Crippen molar-refractivity contribution in [1.82, 2.24) is 20.4 Å². The zero-order chi connectivity index (χ0) is 18.8. The van der Waals surface area contributed by atoms with Gasteiger partial charge in [-0.05, 0) is 50.3 Å². The molecule has 0 fully saturated rings. The normalized spacial score (nSPS) is 10.7. The molecule has 0 aliphatic rings. The van der Waals surface area contributed by atoms with Crippen molar-refractivity contribution in [2.75, 3.05) is 0 Å². The second-order valence-corrected chi connectivity index (χ2v) is 5.93. The number of benzene rings is 1. The Morgan fingerprint density at radius 2 is 1.96 bits per heavy atom. The second kappa shape index (κ2) is 6.96. The minimum Gasteiger partial charge on any atom is -0.469 e. The number of aryl methyl sites for hydroxylation is 1. The average molecular weight is 372 g/mol. The van der Waals surface area contributed by atoms with E-state index < -0.39 is 11.8 Å². The molecule has 8 nitrogen and oxygen atoms in total. The highest BCUT2D eigenvalue weighted by molar-refractivity contribution is 7.71. The fraction of sp³-hybridized carbons (Fsp3) is 0.176. The lowest BCUT2D eigenvalue weighted by Crippen LogP contribution is -2.41. The fourth-order valence-corrected chi connectivity index (χ4v) is 2.88. The molecule has 134 valence electrons. The maximum absolute atomic E-state index is 12.3. The Morgan fingerprint density at radius 3 is 2.62 bits per heavy atom. The number of carbonyl (C=O) groups is 2. The maximum Gasteiger partial charge on any atom is 0.273 e. The molecule has 0 spiro atoms. The van der Waals surface area contributed by atoms with Crippen LogP contribution in [0.15, 0.2) is 39.7 Å². The lowest BCUT2D eigenvalue weighted by atomic mass is 10.1. The smallest absolute Gasteiger partial charge is 0.273 e. The predicted octanol–water partition coefficient (Wildman–Crippen LogP) is 2.06. The quantitative estimate of drug-likeness (QED) is 0.482. The highest BCUT2D eigenvalue weighted by atomic mass is 32.1. The van der Waals surface area contributed by atoms with Gasteiger partial charge in [0.1, 0.15) is 5.76 Å². The summed E-state index contributed by atoms with van der Waals surface area (Å²) in [5.74, 6) is -0.571. The van der Waals surface area contributed by atoms with E-state index in [0.29, 0.717) is 28.8 Å². The first-order chi connectivity index (χ1) is 12.4. The minimum atomic E-state index is -0.527. The van der Waals surface area contributed by atoms with Crippen molar-refractivity contribution >= 4 is 34.9 Å². The topological polar surface area (TPSA) is 109 Å². The number of amides is 2. The van der Waals surface area contributed by atoms with E-state index in [9.17, 15) is 14.4 Å². The number of furan rings is 1. The fourth-order valence-electron chi connectivity index (χ4n) is 2.56. The number of fused-ring (bicyclic) bond motifs is 1. The number of nitrogens with one attached hydrogen (secondary N) is 3. The summed E-state index contributed by atoms with van der Waals surface area (Å²) in [6, 6.07) is 6.07. The van der Waals surface area contributed by atoms with Gasteiger partial charge in [-0.15, -0.1) is 0 Å². The lowest BCUT2D eigenvalue weighted by Gasteiger charge is -2.09. The van der Waals surface area contributed by atoms with Crippen molar-refractivity contribution in [1.29, 1.82) is 0 Å². The Hall–Kier alpha value is -3.20. The number of hydrazine groups is 1. The van der Waals surface area contributed by atoms with Crippen LogP contribution in [0.4, 0.5) is 0 Å². The van der Waals surface area contributed by atoms with E-state index in [4.69, 9.17) is 16.6 Å². The van der Waals surface area contributed by atoms with Crippen LogP contribution in [0.3, 0.4) is 0 Å². The zero-order valence-electron chi connectivity index (χ0n) is 14.1. The van der Waals surface area contributed by atoms with Gasteiger partial charge in [0.15, 0.2) is 4.77 Å². The van der Waals surface area contributed by atoms with Crippen LogP contribution in [0.2, 0.25) is 0 Å². The summed E-state index contributed by atoms with van der Waals surface area (Å²) < 4.78 is 6.77. The summed E-state index contributed by atoms with van der Waals surface area (Å²) in [6.07, 6.45) is 1.39. The number of hydrogen-bond donors (Lipinski definition) is 3. The standard InChI is InChI=1S/C17H16N4O4S/c1-3-21-16(24)12-5-4-10(8-13(12)18-17(21)26)14(22)19-20-15(23)11-6-7-25-9(11)2/h4-8H,3H2,1-2H3,(H,18,26)(H,19,22)(H,20,23). The van der Waals surface area contributed by atoms with Gasteiger partial charge in [-0.2, -0.15) is 0 Å². The van der Waals surface area contributed by atoms with Gasteiger partial charge in [0.2, 0.25) is 0 Å². The molecule has 9 heteroatoms. The number of aromatic nitrogens is 2. The number of rotatable bonds is 3. The molecule has 0 bridgehead atoms. The van der Waals surface area contributed by atoms with E-state index in [1.165, 1.54) is 29.0 Å². The van der Waals surface area contributed by atoms with Crippen LogP contribution in [0.1, 0.15) is 33.4 Å². The molecule has 0 saturated carbocycles. The Bertz CT molecular complexity index is 1130. The van der Waals surface area contributed by atoms with Crippen LogP contribution in [0.25, 0.3) is 10.9 Å². The van der Waals surface area contributed by atoms with E-state index >= 15 is 0 Å². The largest absolute Gasteiger partial charge is 0.469 e. The summed E-state index contributed by atoms with van der Waals surface area (Å²) in [5.41, 5.74) is 5.47. The molecule has 3 rings (SSSR count). The Kier molecular flexibility index (Phi) is 4.72. The van der Waals surface area contributed by atoms with Gasteiger partial charge in [-0.1, -0.05) is 0 Å². The van der Waals surface area contributed by atoms with Crippen LogP contribution in [0, 0.1) is 11.7 Å². The molecule has 1 aromatic carbocycles. The summed E-state index contributed by atoms with van der Waals surface area (Å²) in [4.78, 5) is 39.5. The predicted molar refractivity (Wildman–Crippen MR) is 97.4 cm³/mol. The Balaban J connectivity index is 1.83. The van der Waals surface area contributed by atoms with Gasteiger partial charge in [0.25, 0.3) is 17.4 Å². The number of nitrogens with zero attached hydrogens (tertiary/aromatic N) is 1. The van der Waals surface area contributed by atoms with E-state index in [0.717, 1.165) is 0 Å². The maximum atomic E-state index is 12.3. The van der Waals surface area contributed by atoms with Crippen LogP contribution in [-0.2, 0) is 6.54 Å². The zero-order valence-corrected chi connectivity index (χ0v) is 14.9. The number of H-pyrrole nitrogens is 1. The molecule has 2 aromatic heterocycles. The first-order valence-corrected chi connectivity index (χ1v) is 8.25. The molecule has 26 heavy (non-hydrogen) atoms. The molecule has 0 aliphatic heterocycles. The van der Waals surface area contributed by atoms with Gasteiger partial charge in [-0.25, -0.2) is 0 Å². The molecule has 2 amide bonds. The Morgan fingerprint density at radius 1 is 1.23 bits per heavy atom. The van der Waals surface area contributed by atoms with Crippen molar-refractivity contribution in [3.63, 3.8) is 0 Å². The third-order valence-corrected chi connectivity index (χ3v) is 4.28. The third kappa shape index (κ3) is 3.16. The van der Waals surface area contributed by atoms with E-state index in [2.05, 4.69) is 15.8 Å². The van der Waals surface area contributed by atoms with Gasteiger partial charge < -0.3 is 9.40 Å².